The lowest BCUT2D eigenvalue weighted by molar-refractivity contribution is -0.385. The first-order chi connectivity index (χ1) is 21.5. The fourth-order valence-corrected chi connectivity index (χ4v) is 7.83. The molecule has 4 rings (SSSR count). The normalized spacial score (nSPS) is 18.1. The number of benzene rings is 2. The quantitative estimate of drug-likeness (QED) is 0.190. The maximum absolute atomic E-state index is 13.9. The van der Waals surface area contributed by atoms with Crippen molar-refractivity contribution in [1.29, 1.82) is 0 Å². The fourth-order valence-electron chi connectivity index (χ4n) is 6.14. The summed E-state index contributed by atoms with van der Waals surface area (Å²) in [6, 6.07) is 8.24. The van der Waals surface area contributed by atoms with Crippen molar-refractivity contribution in [3.05, 3.63) is 62.2 Å². The minimum absolute atomic E-state index is 0.00154. The van der Waals surface area contributed by atoms with E-state index in [4.69, 9.17) is 0 Å². The number of hydrazone groups is 1. The zero-order valence-electron chi connectivity index (χ0n) is 25.9. The predicted octanol–water partition coefficient (Wildman–Crippen LogP) is 4.99. The Morgan fingerprint density at radius 3 is 2.29 bits per heavy atom. The Hall–Kier alpha value is -4.11. The van der Waals surface area contributed by atoms with Crippen molar-refractivity contribution in [3.63, 3.8) is 0 Å². The fraction of sp³-hybridized carbons (Fsp3) is 0.533. The number of non-ortho nitro benzene ring substituents is 2. The average molecular weight is 644 g/mol. The highest BCUT2D eigenvalue weighted by Gasteiger charge is 2.36. The molecule has 45 heavy (non-hydrogen) atoms. The third-order valence-corrected chi connectivity index (χ3v) is 10.6. The number of piperidine rings is 1. The highest BCUT2D eigenvalue weighted by molar-refractivity contribution is 7.89. The largest absolute Gasteiger partial charge is 0.371 e. The van der Waals surface area contributed by atoms with Gasteiger partial charge in [0, 0.05) is 74.8 Å². The molecule has 0 aromatic heterocycles. The van der Waals surface area contributed by atoms with E-state index in [9.17, 15) is 33.4 Å². The molecule has 1 heterocycles. The summed E-state index contributed by atoms with van der Waals surface area (Å²) in [6.45, 7) is 4.89. The Bertz CT molecular complexity index is 1540. The van der Waals surface area contributed by atoms with Crippen molar-refractivity contribution < 1.29 is 23.1 Å². The average Bonchev–Trinajstić information content (AvgIpc) is 3.05. The van der Waals surface area contributed by atoms with Gasteiger partial charge in [-0.05, 0) is 51.7 Å². The van der Waals surface area contributed by atoms with Crippen LogP contribution in [0.1, 0.15) is 64.4 Å². The molecule has 14 nitrogen and oxygen atoms in total. The maximum Gasteiger partial charge on any atom is 0.270 e. The number of nitro benzene ring substituents is 2. The second-order valence-corrected chi connectivity index (χ2v) is 13.3. The van der Waals surface area contributed by atoms with Crippen molar-refractivity contribution in [2.24, 2.45) is 11.0 Å². The van der Waals surface area contributed by atoms with Crippen LogP contribution in [-0.4, -0.2) is 78.9 Å². The van der Waals surface area contributed by atoms with Gasteiger partial charge in [-0.25, -0.2) is 8.42 Å². The van der Waals surface area contributed by atoms with Crippen molar-refractivity contribution in [2.45, 2.75) is 69.7 Å². The van der Waals surface area contributed by atoms with Gasteiger partial charge in [-0.1, -0.05) is 19.3 Å². The molecule has 2 aliphatic rings. The Balaban J connectivity index is 1.65. The summed E-state index contributed by atoms with van der Waals surface area (Å²) in [5, 5.41) is 27.4. The SMILES string of the molecule is CCN(CC)C(=O)[C@@H]1CCCN(S(=O)(=O)c2cc([N+](=O)[O-])ccc2N/N=C\c2cc([N+](=O)[O-])ccc2N(C)C2CCCCC2)C1. The summed E-state index contributed by atoms with van der Waals surface area (Å²) in [7, 11) is -2.33. The number of carbonyl (C=O) groups is 1. The van der Waals surface area contributed by atoms with E-state index in [1.165, 1.54) is 41.2 Å². The molecule has 1 saturated heterocycles. The number of nitro groups is 2. The van der Waals surface area contributed by atoms with Crippen molar-refractivity contribution in [2.75, 3.05) is 43.6 Å². The molecule has 244 valence electrons. The van der Waals surface area contributed by atoms with Crippen LogP contribution in [0.15, 0.2) is 46.4 Å². The molecule has 0 bridgehead atoms. The highest BCUT2D eigenvalue weighted by Crippen LogP contribution is 2.33. The van der Waals surface area contributed by atoms with E-state index >= 15 is 0 Å². The molecular formula is C30H41N7O7S. The van der Waals surface area contributed by atoms with Crippen LogP contribution in [0.4, 0.5) is 22.7 Å². The first-order valence-corrected chi connectivity index (χ1v) is 16.8. The Kier molecular flexibility index (Phi) is 11.1. The van der Waals surface area contributed by atoms with Gasteiger partial charge in [0.1, 0.15) is 4.90 Å². The van der Waals surface area contributed by atoms with Crippen LogP contribution in [0, 0.1) is 26.1 Å². The lowest BCUT2D eigenvalue weighted by atomic mass is 9.94. The molecule has 1 atom stereocenters. The van der Waals surface area contributed by atoms with Gasteiger partial charge in [0.25, 0.3) is 11.4 Å². The Morgan fingerprint density at radius 1 is 1.00 bits per heavy atom. The molecule has 2 aromatic rings. The van der Waals surface area contributed by atoms with E-state index in [2.05, 4.69) is 15.4 Å². The summed E-state index contributed by atoms with van der Waals surface area (Å²) in [6.07, 6.45) is 7.79. The minimum atomic E-state index is -4.28. The topological polar surface area (TPSA) is 172 Å². The van der Waals surface area contributed by atoms with Gasteiger partial charge in [-0.15, -0.1) is 0 Å². The number of nitrogens with one attached hydrogen (secondary N) is 1. The summed E-state index contributed by atoms with van der Waals surface area (Å²) >= 11 is 0. The smallest absolute Gasteiger partial charge is 0.270 e. The van der Waals surface area contributed by atoms with Gasteiger partial charge in [-0.2, -0.15) is 9.41 Å². The number of rotatable bonds is 12. The second kappa shape index (κ2) is 14.8. The second-order valence-electron chi connectivity index (χ2n) is 11.4. The van der Waals surface area contributed by atoms with E-state index in [0.717, 1.165) is 37.4 Å². The molecule has 1 amide bonds. The molecule has 1 aliphatic heterocycles. The van der Waals surface area contributed by atoms with Gasteiger partial charge in [0.2, 0.25) is 15.9 Å². The summed E-state index contributed by atoms with van der Waals surface area (Å²) in [5.74, 6) is -0.636. The summed E-state index contributed by atoms with van der Waals surface area (Å²) < 4.78 is 29.1. The molecule has 2 fully saturated rings. The Labute approximate surface area is 263 Å². The standard InChI is InChI=1S/C30H41N7O7S/c1-4-34(5-2)30(38)22-10-9-17-35(21-22)45(43,44)29-19-26(37(41)42)13-15-27(29)32-31-20-23-18-25(36(39)40)14-16-28(23)33(3)24-11-7-6-8-12-24/h13-16,18-20,22,24,32H,4-12,17,21H2,1-3H3/b31-20-/t22-/m1/s1. The lowest BCUT2D eigenvalue weighted by Gasteiger charge is -2.34. The van der Waals surface area contributed by atoms with Gasteiger partial charge >= 0.3 is 0 Å². The van der Waals surface area contributed by atoms with Crippen molar-refractivity contribution >= 4 is 44.9 Å². The molecule has 0 radical (unpaired) electrons. The maximum atomic E-state index is 13.9. The first-order valence-electron chi connectivity index (χ1n) is 15.4. The number of amides is 1. The van der Waals surface area contributed by atoms with E-state index in [0.29, 0.717) is 31.5 Å². The van der Waals surface area contributed by atoms with Crippen LogP contribution in [0.5, 0.6) is 0 Å². The Morgan fingerprint density at radius 2 is 1.64 bits per heavy atom. The number of sulfonamides is 1. The molecule has 0 spiro atoms. The van der Waals surface area contributed by atoms with Crippen molar-refractivity contribution in [1.82, 2.24) is 9.21 Å². The zero-order valence-corrected chi connectivity index (χ0v) is 26.7. The van der Waals surface area contributed by atoms with E-state index in [-0.39, 0.29) is 41.3 Å². The predicted molar refractivity (Wildman–Crippen MR) is 172 cm³/mol. The monoisotopic (exact) mass is 643 g/mol. The van der Waals surface area contributed by atoms with Gasteiger partial charge < -0.3 is 9.80 Å². The molecule has 1 aliphatic carbocycles. The number of anilines is 2. The van der Waals surface area contributed by atoms with E-state index in [1.807, 2.05) is 20.9 Å². The van der Waals surface area contributed by atoms with E-state index < -0.39 is 31.5 Å². The third-order valence-electron chi connectivity index (χ3n) is 8.72. The van der Waals surface area contributed by atoms with Crippen LogP contribution < -0.4 is 10.3 Å². The summed E-state index contributed by atoms with van der Waals surface area (Å²) in [5.41, 5.74) is 3.40. The third kappa shape index (κ3) is 7.76. The number of carbonyl (C=O) groups excluding carboxylic acids is 1. The van der Waals surface area contributed by atoms with Crippen LogP contribution in [0.2, 0.25) is 0 Å². The molecule has 1 saturated carbocycles. The molecule has 2 aromatic carbocycles. The van der Waals surface area contributed by atoms with Gasteiger partial charge in [0.05, 0.1) is 27.7 Å². The zero-order chi connectivity index (χ0) is 32.7. The summed E-state index contributed by atoms with van der Waals surface area (Å²) in [4.78, 5) is 38.4. The number of hydrogen-bond donors (Lipinski definition) is 1. The minimum Gasteiger partial charge on any atom is -0.371 e. The lowest BCUT2D eigenvalue weighted by Crippen LogP contribution is -2.46. The van der Waals surface area contributed by atoms with E-state index in [1.54, 1.807) is 11.0 Å². The van der Waals surface area contributed by atoms with Crippen LogP contribution in [0.25, 0.3) is 0 Å². The highest BCUT2D eigenvalue weighted by atomic mass is 32.2. The van der Waals surface area contributed by atoms with Gasteiger partial charge in [0.15, 0.2) is 0 Å². The number of nitrogens with zero attached hydrogens (tertiary/aromatic N) is 6. The molecule has 0 unspecified atom stereocenters. The number of hydrogen-bond acceptors (Lipinski definition) is 10. The van der Waals surface area contributed by atoms with Crippen LogP contribution in [0.3, 0.4) is 0 Å². The molecule has 1 N–H and O–H groups in total. The molecule has 15 heteroatoms. The van der Waals surface area contributed by atoms with Crippen molar-refractivity contribution in [3.8, 4) is 0 Å². The van der Waals surface area contributed by atoms with Crippen LogP contribution >= 0.6 is 0 Å². The van der Waals surface area contributed by atoms with Gasteiger partial charge in [-0.3, -0.25) is 30.4 Å². The van der Waals surface area contributed by atoms with Crippen LogP contribution in [-0.2, 0) is 14.8 Å². The first kappa shape index (κ1) is 33.8. The molecular weight excluding hydrogens is 602 g/mol.